The standard InChI is InChI=1S/C24H49NO2P/c1-6-8-9-10-11-12-13-14-15-16-17-18-19-20-21-22-23-24(7-2,28(26)27)25(3,4)5/h15-16H,6-14,17-23H2,1-5H3/q+1/b16-15-. The van der Waals surface area contributed by atoms with Crippen LogP contribution in [0.15, 0.2) is 12.2 Å². The predicted molar refractivity (Wildman–Crippen MR) is 123 cm³/mol. The van der Waals surface area contributed by atoms with Crippen LogP contribution in [0.25, 0.3) is 0 Å². The number of allylic oxidation sites excluding steroid dienone is 2. The highest BCUT2D eigenvalue weighted by Crippen LogP contribution is 2.44. The van der Waals surface area contributed by atoms with Crippen LogP contribution in [0.1, 0.15) is 117 Å². The third-order valence-corrected chi connectivity index (χ3v) is 8.06. The van der Waals surface area contributed by atoms with E-state index in [1.807, 2.05) is 28.1 Å². The molecule has 0 aliphatic rings. The molecule has 0 aromatic rings. The van der Waals surface area contributed by atoms with Crippen LogP contribution in [0.4, 0.5) is 0 Å². The van der Waals surface area contributed by atoms with Gasteiger partial charge in [0.15, 0.2) is 0 Å². The fourth-order valence-corrected chi connectivity index (χ4v) is 5.20. The molecule has 3 nitrogen and oxygen atoms in total. The Bertz CT molecular complexity index is 417. The molecule has 0 amide bonds. The normalized spacial score (nSPS) is 15.1. The Kier molecular flexibility index (Phi) is 16.4. The Hall–Kier alpha value is -0.240. The van der Waals surface area contributed by atoms with Crippen molar-refractivity contribution in [3.05, 3.63) is 12.2 Å². The minimum absolute atomic E-state index is 0.506. The van der Waals surface area contributed by atoms with Crippen molar-refractivity contribution in [1.29, 1.82) is 0 Å². The minimum Gasteiger partial charge on any atom is -0.590 e. The molecule has 4 heteroatoms. The summed E-state index contributed by atoms with van der Waals surface area (Å²) in [4.78, 5) is 11.9. The molecule has 2 atom stereocenters. The molecule has 166 valence electrons. The van der Waals surface area contributed by atoms with E-state index in [2.05, 4.69) is 19.1 Å². The first-order valence-electron chi connectivity index (χ1n) is 11.9. The Labute approximate surface area is 177 Å². The van der Waals surface area contributed by atoms with E-state index >= 15 is 0 Å². The highest BCUT2D eigenvalue weighted by atomic mass is 31.1. The zero-order valence-electron chi connectivity index (χ0n) is 19.7. The number of quaternary nitrogens is 1. The molecule has 0 radical (unpaired) electrons. The van der Waals surface area contributed by atoms with Gasteiger partial charge in [-0.05, 0) is 32.1 Å². The van der Waals surface area contributed by atoms with Crippen LogP contribution in [0.3, 0.4) is 0 Å². The minimum atomic E-state index is -2.42. The molecule has 0 saturated carbocycles. The third kappa shape index (κ3) is 11.7. The third-order valence-electron chi connectivity index (χ3n) is 6.24. The zero-order chi connectivity index (χ0) is 21.3. The first-order valence-corrected chi connectivity index (χ1v) is 13.1. The number of unbranched alkanes of at least 4 members (excludes halogenated alkanes) is 12. The van der Waals surface area contributed by atoms with Crippen LogP contribution < -0.4 is 4.89 Å². The first-order chi connectivity index (χ1) is 13.3. The molecule has 0 heterocycles. The monoisotopic (exact) mass is 414 g/mol. The summed E-state index contributed by atoms with van der Waals surface area (Å²) in [5.41, 5.74) is 0. The van der Waals surface area contributed by atoms with Gasteiger partial charge >= 0.3 is 8.03 Å². The average Bonchev–Trinajstić information content (AvgIpc) is 2.63. The van der Waals surface area contributed by atoms with Crippen molar-refractivity contribution in [3.63, 3.8) is 0 Å². The van der Waals surface area contributed by atoms with Gasteiger partial charge in [-0.3, -0.25) is 4.48 Å². The predicted octanol–water partition coefficient (Wildman–Crippen LogP) is 7.33. The van der Waals surface area contributed by atoms with Crippen LogP contribution in [0.5, 0.6) is 0 Å². The molecule has 0 aliphatic heterocycles. The summed E-state index contributed by atoms with van der Waals surface area (Å²) in [5.74, 6) is 0. The quantitative estimate of drug-likeness (QED) is 0.0960. The van der Waals surface area contributed by atoms with Gasteiger partial charge in [0.1, 0.15) is 0 Å². The molecule has 2 unspecified atom stereocenters. The van der Waals surface area contributed by atoms with Gasteiger partial charge < -0.3 is 4.89 Å². The lowest BCUT2D eigenvalue weighted by Gasteiger charge is -2.39. The maximum atomic E-state index is 11.9. The highest BCUT2D eigenvalue weighted by Gasteiger charge is 2.52. The molecule has 0 aliphatic carbocycles. The molecule has 0 spiro atoms. The van der Waals surface area contributed by atoms with Gasteiger partial charge in [0.05, 0.1) is 21.1 Å². The van der Waals surface area contributed by atoms with Gasteiger partial charge in [0.2, 0.25) is 0 Å². The van der Waals surface area contributed by atoms with Gasteiger partial charge in [-0.1, -0.05) is 88.4 Å². The SMILES string of the molecule is CCCCCCCCC/C=C\CCCCCCCC(CC)([P+](=O)[O-])[N+](C)(C)C. The Morgan fingerprint density at radius 3 is 1.57 bits per heavy atom. The van der Waals surface area contributed by atoms with Crippen LogP contribution in [-0.4, -0.2) is 30.9 Å². The van der Waals surface area contributed by atoms with Crippen LogP contribution >= 0.6 is 8.03 Å². The van der Waals surface area contributed by atoms with Crippen molar-refractivity contribution in [2.75, 3.05) is 21.1 Å². The molecule has 0 rings (SSSR count). The fourth-order valence-electron chi connectivity index (χ4n) is 4.11. The lowest BCUT2D eigenvalue weighted by molar-refractivity contribution is -0.910. The van der Waals surface area contributed by atoms with E-state index in [1.54, 1.807) is 0 Å². The van der Waals surface area contributed by atoms with Gasteiger partial charge in [-0.15, -0.1) is 0 Å². The number of hydrogen-bond donors (Lipinski definition) is 0. The van der Waals surface area contributed by atoms with Crippen LogP contribution in [-0.2, 0) is 4.57 Å². The van der Waals surface area contributed by atoms with Crippen molar-refractivity contribution in [2.45, 2.75) is 122 Å². The van der Waals surface area contributed by atoms with E-state index in [0.717, 1.165) is 19.3 Å². The lowest BCUT2D eigenvalue weighted by atomic mass is 10.0. The van der Waals surface area contributed by atoms with Crippen molar-refractivity contribution in [2.24, 2.45) is 0 Å². The molecule has 0 aromatic heterocycles. The van der Waals surface area contributed by atoms with Crippen LogP contribution in [0.2, 0.25) is 0 Å². The van der Waals surface area contributed by atoms with Crippen LogP contribution in [0, 0.1) is 0 Å². The molecule has 0 fully saturated rings. The Balaban J connectivity index is 3.67. The maximum absolute atomic E-state index is 11.9. The van der Waals surface area contributed by atoms with Crippen molar-refractivity contribution in [1.82, 2.24) is 0 Å². The Morgan fingerprint density at radius 2 is 1.18 bits per heavy atom. The smallest absolute Gasteiger partial charge is 0.376 e. The topological polar surface area (TPSA) is 40.1 Å². The van der Waals surface area contributed by atoms with E-state index in [1.165, 1.54) is 77.0 Å². The molecule has 0 aromatic carbocycles. The van der Waals surface area contributed by atoms with E-state index in [-0.39, 0.29) is 0 Å². The second-order valence-corrected chi connectivity index (χ2v) is 10.6. The summed E-state index contributed by atoms with van der Waals surface area (Å²) in [6, 6.07) is 0. The van der Waals surface area contributed by atoms with Crippen molar-refractivity contribution in [3.8, 4) is 0 Å². The molecule has 28 heavy (non-hydrogen) atoms. The molecule has 0 N–H and O–H groups in total. The van der Waals surface area contributed by atoms with E-state index in [0.29, 0.717) is 10.9 Å². The van der Waals surface area contributed by atoms with Gasteiger partial charge in [-0.2, -0.15) is 0 Å². The van der Waals surface area contributed by atoms with Crippen molar-refractivity contribution >= 4 is 8.03 Å². The largest absolute Gasteiger partial charge is 0.590 e. The van der Waals surface area contributed by atoms with Gasteiger partial charge in [-0.25, -0.2) is 0 Å². The number of hydrogen-bond acceptors (Lipinski definition) is 2. The fraction of sp³-hybridized carbons (Fsp3) is 0.917. The lowest BCUT2D eigenvalue weighted by Crippen LogP contribution is -2.55. The highest BCUT2D eigenvalue weighted by molar-refractivity contribution is 7.38. The maximum Gasteiger partial charge on any atom is 0.376 e. The molecular formula is C24H49NO2P+. The molecule has 0 saturated heterocycles. The average molecular weight is 415 g/mol. The van der Waals surface area contributed by atoms with E-state index in [9.17, 15) is 9.46 Å². The van der Waals surface area contributed by atoms with Crippen molar-refractivity contribution < 1.29 is 13.9 Å². The summed E-state index contributed by atoms with van der Waals surface area (Å²) in [6.07, 6.45) is 24.2. The summed E-state index contributed by atoms with van der Waals surface area (Å²) >= 11 is 0. The molecular weight excluding hydrogens is 365 g/mol. The van der Waals surface area contributed by atoms with E-state index in [4.69, 9.17) is 0 Å². The Morgan fingerprint density at radius 1 is 0.750 bits per heavy atom. The molecule has 0 bridgehead atoms. The van der Waals surface area contributed by atoms with Gasteiger partial charge in [0, 0.05) is 12.8 Å². The summed E-state index contributed by atoms with van der Waals surface area (Å²) in [7, 11) is 3.61. The number of nitrogens with zero attached hydrogens (tertiary/aromatic N) is 1. The first kappa shape index (κ1) is 27.8. The van der Waals surface area contributed by atoms with E-state index < -0.39 is 13.3 Å². The summed E-state index contributed by atoms with van der Waals surface area (Å²) in [6.45, 7) is 4.28. The second kappa shape index (κ2) is 16.5. The summed E-state index contributed by atoms with van der Waals surface area (Å²) < 4.78 is 12.4. The second-order valence-electron chi connectivity index (χ2n) is 9.29. The summed E-state index contributed by atoms with van der Waals surface area (Å²) in [5, 5.41) is -0.603. The number of rotatable bonds is 19. The zero-order valence-corrected chi connectivity index (χ0v) is 20.6. The van der Waals surface area contributed by atoms with Gasteiger partial charge in [0.25, 0.3) is 5.28 Å².